The molecule has 0 saturated heterocycles. The largest absolute Gasteiger partial charge is 0.658 e. The van der Waals surface area contributed by atoms with Crippen molar-refractivity contribution >= 4 is 7.69 Å². The van der Waals surface area contributed by atoms with Crippen LogP contribution in [0.15, 0.2) is 36.9 Å². The van der Waals surface area contributed by atoms with Crippen LogP contribution >= 0.6 is 0 Å². The first-order chi connectivity index (χ1) is 8.24. The summed E-state index contributed by atoms with van der Waals surface area (Å²) < 4.78 is 10.6. The Hall–Kier alpha value is -2.04. The fourth-order valence-electron chi connectivity index (χ4n) is 1.32. The van der Waals surface area contributed by atoms with E-state index in [-0.39, 0.29) is 0 Å². The molecule has 1 radical (unpaired) electrons. The lowest BCUT2D eigenvalue weighted by atomic mass is 10.3. The highest BCUT2D eigenvalue weighted by Crippen LogP contribution is 2.12. The summed E-state index contributed by atoms with van der Waals surface area (Å²) in [5, 5.41) is 0. The van der Waals surface area contributed by atoms with Crippen molar-refractivity contribution in [3.8, 4) is 11.5 Å². The fourth-order valence-corrected chi connectivity index (χ4v) is 1.32. The molecule has 0 unspecified atom stereocenters. The van der Waals surface area contributed by atoms with E-state index < -0.39 is 0 Å². The molecule has 85 valence electrons. The van der Waals surface area contributed by atoms with Crippen molar-refractivity contribution in [1.29, 1.82) is 0 Å². The highest BCUT2D eigenvalue weighted by molar-refractivity contribution is 6.20. The van der Waals surface area contributed by atoms with E-state index in [1.165, 1.54) is 7.69 Å². The Morgan fingerprint density at radius 3 is 1.71 bits per heavy atom. The van der Waals surface area contributed by atoms with Gasteiger partial charge in [-0.25, -0.2) is 0 Å². The predicted molar refractivity (Wildman–Crippen MR) is 65.0 cm³/mol. The first-order valence-electron chi connectivity index (χ1n) is 5.22. The number of aromatic nitrogens is 2. The number of pyridine rings is 2. The van der Waals surface area contributed by atoms with E-state index >= 15 is 0 Å². The molecule has 5 heteroatoms. The van der Waals surface area contributed by atoms with Crippen LogP contribution in [0, 0.1) is 13.8 Å². The summed E-state index contributed by atoms with van der Waals surface area (Å²) in [5.74, 6) is 1.29. The van der Waals surface area contributed by atoms with Crippen molar-refractivity contribution in [2.45, 2.75) is 13.8 Å². The number of aryl methyl sites for hydroxylation is 2. The normalized spacial score (nSPS) is 9.76. The van der Waals surface area contributed by atoms with Gasteiger partial charge < -0.3 is 9.31 Å². The molecule has 2 aromatic rings. The zero-order chi connectivity index (χ0) is 12.1. The fraction of sp³-hybridized carbons (Fsp3) is 0.167. The minimum Gasteiger partial charge on any atom is -0.525 e. The minimum absolute atomic E-state index is 0.644. The lowest BCUT2D eigenvalue weighted by Gasteiger charge is -2.06. The van der Waals surface area contributed by atoms with Gasteiger partial charge in [0.25, 0.3) is 0 Å². The van der Waals surface area contributed by atoms with Crippen LogP contribution in [0.5, 0.6) is 11.5 Å². The molecule has 0 spiro atoms. The van der Waals surface area contributed by atoms with Crippen molar-refractivity contribution in [1.82, 2.24) is 9.97 Å². The lowest BCUT2D eigenvalue weighted by molar-refractivity contribution is 0.456. The Bertz CT molecular complexity index is 460. The second-order valence-corrected chi connectivity index (χ2v) is 3.73. The summed E-state index contributed by atoms with van der Waals surface area (Å²) in [6.07, 6.45) is 6.78. The molecule has 2 aromatic heterocycles. The maximum absolute atomic E-state index is 5.29. The van der Waals surface area contributed by atoms with Crippen molar-refractivity contribution in [2.24, 2.45) is 0 Å². The van der Waals surface area contributed by atoms with Crippen LogP contribution in [0.4, 0.5) is 0 Å². The molecule has 0 atom stereocenters. The molecule has 0 fully saturated rings. The van der Waals surface area contributed by atoms with Crippen LogP contribution in [-0.4, -0.2) is 17.7 Å². The second-order valence-electron chi connectivity index (χ2n) is 3.73. The summed E-state index contributed by atoms with van der Waals surface area (Å²) in [4.78, 5) is 8.02. The van der Waals surface area contributed by atoms with Gasteiger partial charge in [0.2, 0.25) is 0 Å². The minimum atomic E-state index is 0.644. The van der Waals surface area contributed by atoms with Gasteiger partial charge in [-0.3, -0.25) is 9.97 Å². The van der Waals surface area contributed by atoms with Gasteiger partial charge in [0.05, 0.1) is 12.4 Å². The topological polar surface area (TPSA) is 44.2 Å². The van der Waals surface area contributed by atoms with E-state index in [0.29, 0.717) is 11.5 Å². The predicted octanol–water partition coefficient (Wildman–Crippen LogP) is 2.09. The molecule has 0 amide bonds. The molecule has 0 aliphatic rings. The zero-order valence-electron chi connectivity index (χ0n) is 9.75. The highest BCUT2D eigenvalue weighted by Gasteiger charge is 2.02. The Kier molecular flexibility index (Phi) is 3.60. The third kappa shape index (κ3) is 3.48. The average Bonchev–Trinajstić information content (AvgIpc) is 2.29. The summed E-state index contributed by atoms with van der Waals surface area (Å²) in [5.41, 5.74) is 2.07. The summed E-state index contributed by atoms with van der Waals surface area (Å²) in [6, 6.07) is 3.75. The molecular weight excluding hydrogens is 215 g/mol. The lowest BCUT2D eigenvalue weighted by Crippen LogP contribution is -2.11. The molecule has 2 heterocycles. The monoisotopic (exact) mass is 227 g/mol. The van der Waals surface area contributed by atoms with E-state index in [0.717, 1.165) is 11.1 Å². The smallest absolute Gasteiger partial charge is 0.525 e. The Morgan fingerprint density at radius 2 is 1.29 bits per heavy atom. The number of nitrogens with zero attached hydrogens (tertiary/aromatic N) is 2. The second kappa shape index (κ2) is 5.34. The zero-order valence-corrected chi connectivity index (χ0v) is 9.75. The van der Waals surface area contributed by atoms with Gasteiger partial charge in [0.1, 0.15) is 11.5 Å². The Labute approximate surface area is 101 Å². The van der Waals surface area contributed by atoms with Gasteiger partial charge >= 0.3 is 7.69 Å². The third-order valence-electron chi connectivity index (χ3n) is 2.07. The van der Waals surface area contributed by atoms with Crippen LogP contribution in [0.1, 0.15) is 11.1 Å². The molecule has 0 saturated carbocycles. The highest BCUT2D eigenvalue weighted by atomic mass is 16.6. The molecule has 0 aromatic carbocycles. The van der Waals surface area contributed by atoms with E-state index in [1.807, 2.05) is 26.0 Å². The van der Waals surface area contributed by atoms with Gasteiger partial charge in [0, 0.05) is 12.4 Å². The average molecular weight is 227 g/mol. The number of hydrogen-bond donors (Lipinski definition) is 0. The first kappa shape index (κ1) is 11.5. The number of rotatable bonds is 4. The molecule has 4 nitrogen and oxygen atoms in total. The van der Waals surface area contributed by atoms with Gasteiger partial charge in [-0.05, 0) is 37.1 Å². The molecule has 17 heavy (non-hydrogen) atoms. The number of hydrogen-bond acceptors (Lipinski definition) is 4. The standard InChI is InChI=1S/C12H12BN2O2/c1-9-3-11(7-14-5-9)16-13-17-12-4-10(2)6-15-8-12/h3-8H,1-2H3. The SMILES string of the molecule is Cc1cncc(O[B]Oc2cncc(C)c2)c1. The van der Waals surface area contributed by atoms with Crippen LogP contribution in [0.3, 0.4) is 0 Å². The summed E-state index contributed by atoms with van der Waals surface area (Å²) in [7, 11) is 1.27. The van der Waals surface area contributed by atoms with E-state index in [2.05, 4.69) is 9.97 Å². The van der Waals surface area contributed by atoms with E-state index in [9.17, 15) is 0 Å². The van der Waals surface area contributed by atoms with Gasteiger partial charge in [0.15, 0.2) is 0 Å². The molecule has 0 aliphatic carbocycles. The molecular formula is C12H12BN2O2. The van der Waals surface area contributed by atoms with Crippen LogP contribution in [0.25, 0.3) is 0 Å². The molecule has 0 bridgehead atoms. The van der Waals surface area contributed by atoms with Crippen molar-refractivity contribution in [2.75, 3.05) is 0 Å². The molecule has 2 rings (SSSR count). The molecule has 0 aliphatic heterocycles. The van der Waals surface area contributed by atoms with Crippen LogP contribution < -0.4 is 9.31 Å². The first-order valence-corrected chi connectivity index (χ1v) is 5.22. The third-order valence-corrected chi connectivity index (χ3v) is 2.07. The van der Waals surface area contributed by atoms with Crippen LogP contribution in [-0.2, 0) is 0 Å². The van der Waals surface area contributed by atoms with Crippen molar-refractivity contribution < 1.29 is 9.31 Å². The van der Waals surface area contributed by atoms with E-state index in [4.69, 9.17) is 9.31 Å². The van der Waals surface area contributed by atoms with Crippen LogP contribution in [0.2, 0.25) is 0 Å². The van der Waals surface area contributed by atoms with Crippen molar-refractivity contribution in [3.63, 3.8) is 0 Å². The van der Waals surface area contributed by atoms with Crippen molar-refractivity contribution in [3.05, 3.63) is 48.0 Å². The van der Waals surface area contributed by atoms with Gasteiger partial charge in [-0.2, -0.15) is 0 Å². The van der Waals surface area contributed by atoms with Gasteiger partial charge in [-0.15, -0.1) is 0 Å². The summed E-state index contributed by atoms with van der Waals surface area (Å²) >= 11 is 0. The van der Waals surface area contributed by atoms with Gasteiger partial charge in [-0.1, -0.05) is 0 Å². The maximum atomic E-state index is 5.29. The Morgan fingerprint density at radius 1 is 0.824 bits per heavy atom. The summed E-state index contributed by atoms with van der Waals surface area (Å²) in [6.45, 7) is 3.90. The maximum Gasteiger partial charge on any atom is 0.658 e. The quantitative estimate of drug-likeness (QED) is 0.750. The Balaban J connectivity index is 1.87. The van der Waals surface area contributed by atoms with E-state index in [1.54, 1.807) is 24.8 Å². The molecule has 0 N–H and O–H groups in total.